The minimum Gasteiger partial charge on any atom is -0.493 e. The van der Waals surface area contributed by atoms with Crippen molar-refractivity contribution in [2.45, 2.75) is 26.8 Å². The molecule has 1 unspecified atom stereocenters. The topological polar surface area (TPSA) is 56.3 Å². The molecule has 0 spiro atoms. The average molecular weight is 363 g/mol. The van der Waals surface area contributed by atoms with Gasteiger partial charge >= 0.3 is 0 Å². The van der Waals surface area contributed by atoms with E-state index in [9.17, 15) is 0 Å². The summed E-state index contributed by atoms with van der Waals surface area (Å²) in [5.41, 5.74) is 4.18. The lowest BCUT2D eigenvalue weighted by molar-refractivity contribution is 0.356. The Morgan fingerprint density at radius 3 is 2.26 bits per heavy atom. The largest absolute Gasteiger partial charge is 0.493 e. The van der Waals surface area contributed by atoms with Gasteiger partial charge in [0.2, 0.25) is 0 Å². The number of rotatable bonds is 6. The van der Waals surface area contributed by atoms with E-state index < -0.39 is 0 Å². The Morgan fingerprint density at radius 1 is 1.04 bits per heavy atom. The maximum absolute atomic E-state index is 5.44. The van der Waals surface area contributed by atoms with E-state index in [4.69, 9.17) is 9.47 Å². The summed E-state index contributed by atoms with van der Waals surface area (Å²) in [5.74, 6) is 2.77. The van der Waals surface area contributed by atoms with Crippen LogP contribution in [-0.4, -0.2) is 24.2 Å². The third-order valence-electron chi connectivity index (χ3n) is 4.57. The monoisotopic (exact) mass is 363 g/mol. The number of ether oxygens (including phenoxy) is 2. The first-order valence-electron chi connectivity index (χ1n) is 8.85. The summed E-state index contributed by atoms with van der Waals surface area (Å²) < 4.78 is 10.8. The van der Waals surface area contributed by atoms with Crippen molar-refractivity contribution in [3.8, 4) is 11.5 Å². The number of hydrogen-bond acceptors (Lipinski definition) is 5. The molecule has 0 aliphatic rings. The molecule has 1 aromatic heterocycles. The summed E-state index contributed by atoms with van der Waals surface area (Å²) in [7, 11) is 3.24. The molecule has 3 rings (SSSR count). The van der Waals surface area contributed by atoms with Crippen LogP contribution in [-0.2, 0) is 0 Å². The molecule has 3 aromatic rings. The lowest BCUT2D eigenvalue weighted by Crippen LogP contribution is -2.10. The fourth-order valence-electron chi connectivity index (χ4n) is 3.03. The minimum atomic E-state index is 0.0785. The Bertz CT molecular complexity index is 981. The molecular formula is C22H25N3O2. The highest BCUT2D eigenvalue weighted by molar-refractivity contribution is 5.92. The van der Waals surface area contributed by atoms with E-state index in [-0.39, 0.29) is 6.04 Å². The maximum atomic E-state index is 5.44. The van der Waals surface area contributed by atoms with Crippen molar-refractivity contribution in [2.24, 2.45) is 0 Å². The van der Waals surface area contributed by atoms with Gasteiger partial charge in [-0.25, -0.2) is 9.97 Å². The summed E-state index contributed by atoms with van der Waals surface area (Å²) in [6, 6.07) is 12.3. The second-order valence-corrected chi connectivity index (χ2v) is 6.61. The highest BCUT2D eigenvalue weighted by Crippen LogP contribution is 2.35. The molecule has 0 aliphatic carbocycles. The Morgan fingerprint density at radius 2 is 1.67 bits per heavy atom. The van der Waals surface area contributed by atoms with Crippen LogP contribution in [0.1, 0.15) is 36.8 Å². The Hall–Kier alpha value is -3.08. The second kappa shape index (κ2) is 7.66. The molecule has 0 bridgehead atoms. The molecule has 140 valence electrons. The van der Waals surface area contributed by atoms with Gasteiger partial charge in [0, 0.05) is 17.5 Å². The van der Waals surface area contributed by atoms with Gasteiger partial charge in [0.1, 0.15) is 11.6 Å². The van der Waals surface area contributed by atoms with Gasteiger partial charge in [-0.05, 0) is 38.0 Å². The summed E-state index contributed by atoms with van der Waals surface area (Å²) >= 11 is 0. The quantitative estimate of drug-likeness (QED) is 0.655. The van der Waals surface area contributed by atoms with Crippen LogP contribution in [0.25, 0.3) is 16.5 Å². The van der Waals surface area contributed by atoms with E-state index >= 15 is 0 Å². The van der Waals surface area contributed by atoms with E-state index in [0.717, 1.165) is 27.9 Å². The van der Waals surface area contributed by atoms with Gasteiger partial charge in [-0.15, -0.1) is 0 Å². The summed E-state index contributed by atoms with van der Waals surface area (Å²) in [4.78, 5) is 9.15. The standard InChI is InChI=1S/C22H25N3O2/c1-13(2)16-7-9-17(10-8-16)14(3)23-22-18-11-20(26-5)21(27-6)12-19(18)24-15(4)25-22/h7-12,14H,1H2,2-6H3,(H,23,24,25). The van der Waals surface area contributed by atoms with Crippen LogP contribution in [0.2, 0.25) is 0 Å². The molecule has 0 saturated carbocycles. The summed E-state index contributed by atoms with van der Waals surface area (Å²) in [5, 5.41) is 4.40. The van der Waals surface area contributed by atoms with E-state index in [1.54, 1.807) is 14.2 Å². The van der Waals surface area contributed by atoms with E-state index in [1.807, 2.05) is 26.0 Å². The van der Waals surface area contributed by atoms with Crippen molar-refractivity contribution in [1.29, 1.82) is 0 Å². The molecule has 0 amide bonds. The van der Waals surface area contributed by atoms with Crippen molar-refractivity contribution in [2.75, 3.05) is 19.5 Å². The number of aromatic nitrogens is 2. The normalized spacial score (nSPS) is 11.9. The zero-order valence-electron chi connectivity index (χ0n) is 16.5. The van der Waals surface area contributed by atoms with Gasteiger partial charge in [0.25, 0.3) is 0 Å². The smallest absolute Gasteiger partial charge is 0.162 e. The van der Waals surface area contributed by atoms with Crippen molar-refractivity contribution in [3.05, 3.63) is 59.9 Å². The number of allylic oxidation sites excluding steroid dienone is 1. The molecular weight excluding hydrogens is 338 g/mol. The number of methoxy groups -OCH3 is 2. The number of nitrogens with one attached hydrogen (secondary N) is 1. The van der Waals surface area contributed by atoms with Crippen molar-refractivity contribution < 1.29 is 9.47 Å². The van der Waals surface area contributed by atoms with E-state index in [2.05, 4.69) is 53.1 Å². The third kappa shape index (κ3) is 3.87. The fraction of sp³-hybridized carbons (Fsp3) is 0.273. The number of nitrogens with zero attached hydrogens (tertiary/aromatic N) is 2. The molecule has 0 aliphatic heterocycles. The molecule has 0 radical (unpaired) electrons. The molecule has 0 fully saturated rings. The van der Waals surface area contributed by atoms with E-state index in [0.29, 0.717) is 17.3 Å². The number of benzene rings is 2. The highest BCUT2D eigenvalue weighted by Gasteiger charge is 2.14. The van der Waals surface area contributed by atoms with Gasteiger partial charge in [0.15, 0.2) is 11.5 Å². The lowest BCUT2D eigenvalue weighted by atomic mass is 10.0. The number of hydrogen-bond donors (Lipinski definition) is 1. The summed E-state index contributed by atoms with van der Waals surface area (Å²) in [6.45, 7) is 9.99. The first-order chi connectivity index (χ1) is 12.9. The number of fused-ring (bicyclic) bond motifs is 1. The first kappa shape index (κ1) is 18.7. The maximum Gasteiger partial charge on any atom is 0.162 e. The molecule has 0 saturated heterocycles. The second-order valence-electron chi connectivity index (χ2n) is 6.61. The predicted octanol–water partition coefficient (Wildman–Crippen LogP) is 5.16. The van der Waals surface area contributed by atoms with Crippen LogP contribution in [0.5, 0.6) is 11.5 Å². The van der Waals surface area contributed by atoms with Gasteiger partial charge in [-0.2, -0.15) is 0 Å². The molecule has 5 nitrogen and oxygen atoms in total. The van der Waals surface area contributed by atoms with Crippen molar-refractivity contribution >= 4 is 22.3 Å². The Balaban J connectivity index is 1.99. The third-order valence-corrected chi connectivity index (χ3v) is 4.57. The van der Waals surface area contributed by atoms with Crippen LogP contribution in [0.3, 0.4) is 0 Å². The van der Waals surface area contributed by atoms with Crippen molar-refractivity contribution in [1.82, 2.24) is 9.97 Å². The van der Waals surface area contributed by atoms with Crippen molar-refractivity contribution in [3.63, 3.8) is 0 Å². The Kier molecular flexibility index (Phi) is 5.31. The van der Waals surface area contributed by atoms with Crippen LogP contribution in [0.15, 0.2) is 43.0 Å². The minimum absolute atomic E-state index is 0.0785. The Labute approximate surface area is 160 Å². The molecule has 1 heterocycles. The van der Waals surface area contributed by atoms with Crippen LogP contribution in [0, 0.1) is 6.92 Å². The molecule has 27 heavy (non-hydrogen) atoms. The first-order valence-corrected chi connectivity index (χ1v) is 8.85. The number of anilines is 1. The zero-order valence-corrected chi connectivity index (χ0v) is 16.5. The number of aryl methyl sites for hydroxylation is 1. The van der Waals surface area contributed by atoms with Gasteiger partial charge in [0.05, 0.1) is 19.7 Å². The van der Waals surface area contributed by atoms with Gasteiger partial charge in [-0.3, -0.25) is 0 Å². The summed E-state index contributed by atoms with van der Waals surface area (Å²) in [6.07, 6.45) is 0. The highest BCUT2D eigenvalue weighted by atomic mass is 16.5. The molecule has 1 atom stereocenters. The average Bonchev–Trinajstić information content (AvgIpc) is 2.66. The molecule has 5 heteroatoms. The molecule has 1 N–H and O–H groups in total. The van der Waals surface area contributed by atoms with Crippen LogP contribution < -0.4 is 14.8 Å². The predicted molar refractivity (Wildman–Crippen MR) is 111 cm³/mol. The van der Waals surface area contributed by atoms with E-state index in [1.165, 1.54) is 5.56 Å². The van der Waals surface area contributed by atoms with Gasteiger partial charge in [-0.1, -0.05) is 36.4 Å². The SMILES string of the molecule is C=C(C)c1ccc(C(C)Nc2nc(C)nc3cc(OC)c(OC)cc23)cc1. The fourth-order valence-corrected chi connectivity index (χ4v) is 3.03. The van der Waals surface area contributed by atoms with Crippen LogP contribution in [0.4, 0.5) is 5.82 Å². The zero-order chi connectivity index (χ0) is 19.6. The van der Waals surface area contributed by atoms with Crippen LogP contribution >= 0.6 is 0 Å². The van der Waals surface area contributed by atoms with Gasteiger partial charge < -0.3 is 14.8 Å². The molecule has 2 aromatic carbocycles. The lowest BCUT2D eigenvalue weighted by Gasteiger charge is -2.18.